The standard InChI is InChI=1S/C9H6BrO/c1-6-9-3-2-8(10)4-7(9)5-11-6/h2-5H,1H2. The van der Waals surface area contributed by atoms with Crippen molar-refractivity contribution >= 4 is 26.7 Å². The second-order valence-electron chi connectivity index (χ2n) is 2.39. The molecule has 0 amide bonds. The first-order valence-corrected chi connectivity index (χ1v) is 4.05. The molecule has 0 aliphatic heterocycles. The van der Waals surface area contributed by atoms with Crippen molar-refractivity contribution in [3.05, 3.63) is 41.6 Å². The summed E-state index contributed by atoms with van der Waals surface area (Å²) in [5.74, 6) is 0.729. The van der Waals surface area contributed by atoms with Crippen LogP contribution in [0.5, 0.6) is 0 Å². The zero-order valence-corrected chi connectivity index (χ0v) is 7.39. The Bertz CT molecular complexity index is 389. The quantitative estimate of drug-likeness (QED) is 0.649. The first kappa shape index (κ1) is 6.92. The molecule has 0 aliphatic rings. The third-order valence-electron chi connectivity index (χ3n) is 1.64. The average molecular weight is 210 g/mol. The van der Waals surface area contributed by atoms with Gasteiger partial charge in [-0.25, -0.2) is 0 Å². The van der Waals surface area contributed by atoms with E-state index in [9.17, 15) is 0 Å². The molecule has 0 atom stereocenters. The van der Waals surface area contributed by atoms with E-state index in [0.29, 0.717) is 0 Å². The molecule has 0 saturated carbocycles. The van der Waals surface area contributed by atoms with Gasteiger partial charge in [-0.2, -0.15) is 0 Å². The van der Waals surface area contributed by atoms with E-state index in [2.05, 4.69) is 22.9 Å². The molecule has 0 fully saturated rings. The molecule has 0 saturated heterocycles. The highest BCUT2D eigenvalue weighted by Crippen LogP contribution is 2.23. The Kier molecular flexibility index (Phi) is 1.50. The summed E-state index contributed by atoms with van der Waals surface area (Å²) < 4.78 is 6.20. The summed E-state index contributed by atoms with van der Waals surface area (Å²) in [5.41, 5.74) is 0. The molecule has 11 heavy (non-hydrogen) atoms. The molecule has 1 radical (unpaired) electrons. The van der Waals surface area contributed by atoms with Gasteiger partial charge in [0.05, 0.1) is 6.26 Å². The first-order valence-electron chi connectivity index (χ1n) is 3.26. The molecule has 1 aromatic heterocycles. The Morgan fingerprint density at radius 1 is 1.36 bits per heavy atom. The molecular weight excluding hydrogens is 204 g/mol. The maximum absolute atomic E-state index is 5.14. The third-order valence-corrected chi connectivity index (χ3v) is 2.14. The van der Waals surface area contributed by atoms with Crippen molar-refractivity contribution in [2.24, 2.45) is 0 Å². The number of benzene rings is 1. The Balaban J connectivity index is 2.86. The van der Waals surface area contributed by atoms with E-state index in [1.54, 1.807) is 6.26 Å². The lowest BCUT2D eigenvalue weighted by Crippen LogP contribution is -1.67. The van der Waals surface area contributed by atoms with Gasteiger partial charge in [0, 0.05) is 22.2 Å². The Labute approximate surface area is 73.1 Å². The molecule has 2 heteroatoms. The fourth-order valence-electron chi connectivity index (χ4n) is 1.08. The molecule has 1 nitrogen and oxygen atoms in total. The second kappa shape index (κ2) is 2.38. The SMILES string of the molecule is [CH2]c1occ2cc(Br)ccc12. The van der Waals surface area contributed by atoms with Crippen LogP contribution in [0.25, 0.3) is 10.8 Å². The lowest BCUT2D eigenvalue weighted by atomic mass is 10.2. The van der Waals surface area contributed by atoms with Gasteiger partial charge in [0.2, 0.25) is 0 Å². The highest BCUT2D eigenvalue weighted by Gasteiger charge is 2.00. The normalized spacial score (nSPS) is 10.7. The molecule has 0 N–H and O–H groups in total. The summed E-state index contributed by atoms with van der Waals surface area (Å²) in [7, 11) is 0. The van der Waals surface area contributed by atoms with E-state index in [1.165, 1.54) is 0 Å². The number of hydrogen-bond donors (Lipinski definition) is 0. The van der Waals surface area contributed by atoms with Crippen LogP contribution in [0, 0.1) is 6.92 Å². The molecule has 0 aliphatic carbocycles. The van der Waals surface area contributed by atoms with Gasteiger partial charge in [0.1, 0.15) is 5.76 Å². The van der Waals surface area contributed by atoms with Crippen molar-refractivity contribution in [1.82, 2.24) is 0 Å². The number of hydrogen-bond acceptors (Lipinski definition) is 1. The van der Waals surface area contributed by atoms with Gasteiger partial charge in [0.15, 0.2) is 0 Å². The number of furan rings is 1. The van der Waals surface area contributed by atoms with Gasteiger partial charge in [-0.1, -0.05) is 15.9 Å². The van der Waals surface area contributed by atoms with Crippen molar-refractivity contribution in [3.63, 3.8) is 0 Å². The van der Waals surface area contributed by atoms with Crippen LogP contribution in [0.3, 0.4) is 0 Å². The highest BCUT2D eigenvalue weighted by molar-refractivity contribution is 9.10. The smallest absolute Gasteiger partial charge is 0.112 e. The van der Waals surface area contributed by atoms with Crippen molar-refractivity contribution < 1.29 is 4.42 Å². The van der Waals surface area contributed by atoms with E-state index in [1.807, 2.05) is 18.2 Å². The largest absolute Gasteiger partial charge is 0.468 e. The Hall–Kier alpha value is -0.760. The summed E-state index contributed by atoms with van der Waals surface area (Å²) in [5, 5.41) is 2.16. The van der Waals surface area contributed by atoms with E-state index in [4.69, 9.17) is 4.42 Å². The third kappa shape index (κ3) is 1.07. The molecule has 0 bridgehead atoms. The Morgan fingerprint density at radius 2 is 2.18 bits per heavy atom. The van der Waals surface area contributed by atoms with Crippen LogP contribution in [0.4, 0.5) is 0 Å². The van der Waals surface area contributed by atoms with Crippen LogP contribution in [-0.4, -0.2) is 0 Å². The van der Waals surface area contributed by atoms with Gasteiger partial charge in [-0.15, -0.1) is 0 Å². The van der Waals surface area contributed by atoms with Crippen LogP contribution in [-0.2, 0) is 0 Å². The summed E-state index contributed by atoms with van der Waals surface area (Å²) in [6, 6.07) is 5.98. The molecule has 0 unspecified atom stereocenters. The van der Waals surface area contributed by atoms with Crippen LogP contribution in [0.15, 0.2) is 33.4 Å². The van der Waals surface area contributed by atoms with Crippen LogP contribution in [0.1, 0.15) is 5.76 Å². The summed E-state index contributed by atoms with van der Waals surface area (Å²) in [6.07, 6.45) is 1.71. The fraction of sp³-hybridized carbons (Fsp3) is 0. The van der Waals surface area contributed by atoms with Crippen molar-refractivity contribution in [2.75, 3.05) is 0 Å². The number of halogens is 1. The van der Waals surface area contributed by atoms with E-state index in [-0.39, 0.29) is 0 Å². The van der Waals surface area contributed by atoms with E-state index in [0.717, 1.165) is 21.0 Å². The van der Waals surface area contributed by atoms with Gasteiger partial charge in [0.25, 0.3) is 0 Å². The maximum Gasteiger partial charge on any atom is 0.112 e. The highest BCUT2D eigenvalue weighted by atomic mass is 79.9. The minimum absolute atomic E-state index is 0.729. The molecular formula is C9H6BrO. The first-order chi connectivity index (χ1) is 5.27. The topological polar surface area (TPSA) is 13.1 Å². The predicted molar refractivity (Wildman–Crippen MR) is 48.4 cm³/mol. The molecule has 1 heterocycles. The summed E-state index contributed by atoms with van der Waals surface area (Å²) in [4.78, 5) is 0. The lowest BCUT2D eigenvalue weighted by molar-refractivity contribution is 0.554. The molecule has 0 spiro atoms. The number of rotatable bonds is 0. The van der Waals surface area contributed by atoms with Gasteiger partial charge in [-0.3, -0.25) is 0 Å². The summed E-state index contributed by atoms with van der Waals surface area (Å²) in [6.45, 7) is 3.76. The van der Waals surface area contributed by atoms with Gasteiger partial charge < -0.3 is 4.42 Å². The maximum atomic E-state index is 5.14. The van der Waals surface area contributed by atoms with Crippen LogP contribution >= 0.6 is 15.9 Å². The molecule has 2 rings (SSSR count). The molecule has 1 aromatic carbocycles. The van der Waals surface area contributed by atoms with Crippen molar-refractivity contribution in [3.8, 4) is 0 Å². The monoisotopic (exact) mass is 209 g/mol. The zero-order chi connectivity index (χ0) is 7.84. The number of fused-ring (bicyclic) bond motifs is 1. The van der Waals surface area contributed by atoms with Crippen LogP contribution < -0.4 is 0 Å². The molecule has 2 aromatic rings. The van der Waals surface area contributed by atoms with E-state index >= 15 is 0 Å². The average Bonchev–Trinajstić information content (AvgIpc) is 2.32. The lowest BCUT2D eigenvalue weighted by Gasteiger charge is -1.89. The minimum atomic E-state index is 0.729. The zero-order valence-electron chi connectivity index (χ0n) is 5.80. The molecule has 55 valence electrons. The van der Waals surface area contributed by atoms with Crippen molar-refractivity contribution in [1.29, 1.82) is 0 Å². The fourth-order valence-corrected chi connectivity index (χ4v) is 1.46. The second-order valence-corrected chi connectivity index (χ2v) is 3.31. The van der Waals surface area contributed by atoms with Gasteiger partial charge >= 0.3 is 0 Å². The summed E-state index contributed by atoms with van der Waals surface area (Å²) >= 11 is 3.38. The van der Waals surface area contributed by atoms with Crippen molar-refractivity contribution in [2.45, 2.75) is 0 Å². The Morgan fingerprint density at radius 3 is 3.00 bits per heavy atom. The minimum Gasteiger partial charge on any atom is -0.468 e. The van der Waals surface area contributed by atoms with E-state index < -0.39 is 0 Å². The predicted octanol–water partition coefficient (Wildman–Crippen LogP) is 3.38. The van der Waals surface area contributed by atoms with Crippen LogP contribution in [0.2, 0.25) is 0 Å². The van der Waals surface area contributed by atoms with Gasteiger partial charge in [-0.05, 0) is 18.2 Å².